The fraction of sp³-hybridized carbons (Fsp3) is 0.818. The summed E-state index contributed by atoms with van der Waals surface area (Å²) in [5.74, 6) is 0.0214. The normalized spacial score (nSPS) is 22.7. The van der Waals surface area contributed by atoms with Crippen molar-refractivity contribution in [2.45, 2.75) is 25.4 Å². The number of carbonyl (C=O) groups is 2. The Bertz CT molecular complexity index is 321. The number of rotatable bonds is 4. The number of hydrogen-bond donors (Lipinski definition) is 2. The molecule has 1 aliphatic carbocycles. The smallest absolute Gasteiger partial charge is 0.413 e. The summed E-state index contributed by atoms with van der Waals surface area (Å²) in [4.78, 5) is 24.2. The van der Waals surface area contributed by atoms with E-state index in [1.54, 1.807) is 6.92 Å². The van der Waals surface area contributed by atoms with Crippen molar-refractivity contribution in [3.8, 4) is 0 Å². The second-order valence-electron chi connectivity index (χ2n) is 4.79. The van der Waals surface area contributed by atoms with Crippen molar-refractivity contribution in [2.75, 3.05) is 26.2 Å². The number of likely N-dealkylation sites (tertiary alicyclic amines) is 1. The monoisotopic (exact) mass is 242 g/mol. The average Bonchev–Trinajstić information content (AvgIpc) is 2.97. The lowest BCUT2D eigenvalue weighted by Gasteiger charge is -2.46. The number of amides is 2. The molecule has 1 saturated heterocycles. The van der Waals surface area contributed by atoms with Crippen LogP contribution >= 0.6 is 0 Å². The summed E-state index contributed by atoms with van der Waals surface area (Å²) in [5, 5.41) is 12.2. The Balaban J connectivity index is 1.65. The van der Waals surface area contributed by atoms with E-state index in [0.717, 1.165) is 12.8 Å². The highest BCUT2D eigenvalue weighted by atomic mass is 16.5. The molecule has 0 atom stereocenters. The van der Waals surface area contributed by atoms with E-state index in [9.17, 15) is 14.7 Å². The molecule has 6 nitrogen and oxygen atoms in total. The Kier molecular flexibility index (Phi) is 3.35. The predicted molar refractivity (Wildman–Crippen MR) is 59.3 cm³/mol. The third-order valence-electron chi connectivity index (χ3n) is 3.22. The summed E-state index contributed by atoms with van der Waals surface area (Å²) in [6.07, 6.45) is 1.45. The minimum absolute atomic E-state index is 0.133. The van der Waals surface area contributed by atoms with Gasteiger partial charge in [-0.3, -0.25) is 15.0 Å². The first-order valence-corrected chi connectivity index (χ1v) is 5.95. The van der Waals surface area contributed by atoms with Gasteiger partial charge in [0.1, 0.15) is 0 Å². The third-order valence-corrected chi connectivity index (χ3v) is 3.22. The lowest BCUT2D eigenvalue weighted by molar-refractivity contribution is -0.136. The minimum Gasteiger partial charge on any atom is -0.450 e. The molecule has 1 saturated carbocycles. The van der Waals surface area contributed by atoms with Gasteiger partial charge in [-0.1, -0.05) is 0 Å². The fourth-order valence-electron chi connectivity index (χ4n) is 2.24. The molecular formula is C11H18N2O4. The number of nitrogens with one attached hydrogen (secondary N) is 1. The molecule has 96 valence electrons. The molecule has 0 radical (unpaired) electrons. The average molecular weight is 242 g/mol. The molecule has 2 rings (SSSR count). The van der Waals surface area contributed by atoms with Crippen molar-refractivity contribution in [3.63, 3.8) is 0 Å². The van der Waals surface area contributed by atoms with E-state index in [-0.39, 0.29) is 19.1 Å². The maximum absolute atomic E-state index is 11.4. The third kappa shape index (κ3) is 2.95. The molecule has 2 fully saturated rings. The Morgan fingerprint density at radius 1 is 1.47 bits per heavy atom. The molecule has 2 amide bonds. The van der Waals surface area contributed by atoms with Crippen LogP contribution in [0.3, 0.4) is 0 Å². The standard InChI is InChI=1S/C11H18N2O4/c1-2-17-10(15)12-9(14)5-13-6-11(16,7-13)8-3-4-8/h8,16H,2-7H2,1H3,(H,12,14,15). The van der Waals surface area contributed by atoms with E-state index >= 15 is 0 Å². The first-order chi connectivity index (χ1) is 8.03. The number of ether oxygens (including phenoxy) is 1. The number of carbonyl (C=O) groups excluding carboxylic acids is 2. The maximum Gasteiger partial charge on any atom is 0.413 e. The predicted octanol–water partition coefficient (Wildman–Crippen LogP) is -0.284. The van der Waals surface area contributed by atoms with Crippen LogP contribution in [0.5, 0.6) is 0 Å². The van der Waals surface area contributed by atoms with Gasteiger partial charge in [-0.25, -0.2) is 4.79 Å². The van der Waals surface area contributed by atoms with Crippen LogP contribution in [0.1, 0.15) is 19.8 Å². The highest BCUT2D eigenvalue weighted by Gasteiger charge is 2.51. The van der Waals surface area contributed by atoms with E-state index in [0.29, 0.717) is 19.0 Å². The van der Waals surface area contributed by atoms with Crippen molar-refractivity contribution in [1.29, 1.82) is 0 Å². The van der Waals surface area contributed by atoms with Crippen LogP contribution in [0.4, 0.5) is 4.79 Å². The topological polar surface area (TPSA) is 78.9 Å². The van der Waals surface area contributed by atoms with Gasteiger partial charge in [-0.15, -0.1) is 0 Å². The Morgan fingerprint density at radius 3 is 2.65 bits per heavy atom. The van der Waals surface area contributed by atoms with Gasteiger partial charge < -0.3 is 9.84 Å². The van der Waals surface area contributed by atoms with Gasteiger partial charge in [0.25, 0.3) is 0 Å². The molecule has 1 aliphatic heterocycles. The van der Waals surface area contributed by atoms with E-state index in [4.69, 9.17) is 0 Å². The number of alkyl carbamates (subject to hydrolysis) is 1. The van der Waals surface area contributed by atoms with Crippen LogP contribution < -0.4 is 5.32 Å². The molecule has 0 unspecified atom stereocenters. The minimum atomic E-state index is -0.713. The zero-order valence-corrected chi connectivity index (χ0v) is 9.94. The van der Waals surface area contributed by atoms with Gasteiger partial charge in [-0.05, 0) is 25.7 Å². The van der Waals surface area contributed by atoms with Crippen molar-refractivity contribution >= 4 is 12.0 Å². The highest BCUT2D eigenvalue weighted by molar-refractivity contribution is 5.92. The van der Waals surface area contributed by atoms with E-state index in [2.05, 4.69) is 10.1 Å². The number of hydrogen-bond acceptors (Lipinski definition) is 5. The van der Waals surface area contributed by atoms with Crippen LogP contribution in [0.25, 0.3) is 0 Å². The maximum atomic E-state index is 11.4. The lowest BCUT2D eigenvalue weighted by Crippen LogP contribution is -2.64. The summed E-state index contributed by atoms with van der Waals surface area (Å²) in [7, 11) is 0. The second-order valence-corrected chi connectivity index (χ2v) is 4.79. The SMILES string of the molecule is CCOC(=O)NC(=O)CN1CC(O)(C2CC2)C1. The van der Waals surface area contributed by atoms with Crippen LogP contribution in [0.15, 0.2) is 0 Å². The van der Waals surface area contributed by atoms with Gasteiger partial charge >= 0.3 is 6.09 Å². The van der Waals surface area contributed by atoms with E-state index in [1.165, 1.54) is 0 Å². The van der Waals surface area contributed by atoms with Gasteiger partial charge in [0.05, 0.1) is 18.8 Å². The van der Waals surface area contributed by atoms with Crippen LogP contribution in [-0.4, -0.2) is 53.8 Å². The van der Waals surface area contributed by atoms with Gasteiger partial charge in [0.15, 0.2) is 0 Å². The molecule has 2 aliphatic rings. The summed E-state index contributed by atoms with van der Waals surface area (Å²) >= 11 is 0. The summed E-state index contributed by atoms with van der Waals surface area (Å²) in [6, 6.07) is 0. The Hall–Kier alpha value is -1.14. The second kappa shape index (κ2) is 4.62. The van der Waals surface area contributed by atoms with Crippen LogP contribution in [0, 0.1) is 5.92 Å². The fourth-order valence-corrected chi connectivity index (χ4v) is 2.24. The zero-order chi connectivity index (χ0) is 12.5. The quantitative estimate of drug-likeness (QED) is 0.708. The molecule has 2 N–H and O–H groups in total. The van der Waals surface area contributed by atoms with Crippen molar-refractivity contribution in [3.05, 3.63) is 0 Å². The summed E-state index contributed by atoms with van der Waals surface area (Å²) < 4.78 is 4.60. The number of β-amino-alcohol motifs (C(OH)–C–C–N with tert-alkyl or cyclic N) is 1. The van der Waals surface area contributed by atoms with E-state index in [1.807, 2.05) is 4.90 Å². The molecule has 0 spiro atoms. The van der Waals surface area contributed by atoms with E-state index < -0.39 is 11.7 Å². The molecular weight excluding hydrogens is 224 g/mol. The summed E-state index contributed by atoms with van der Waals surface area (Å²) in [6.45, 7) is 3.09. The van der Waals surface area contributed by atoms with Crippen molar-refractivity contribution < 1.29 is 19.4 Å². The largest absolute Gasteiger partial charge is 0.450 e. The first kappa shape index (κ1) is 12.3. The first-order valence-electron chi connectivity index (χ1n) is 5.95. The van der Waals surface area contributed by atoms with Gasteiger partial charge in [0, 0.05) is 13.1 Å². The molecule has 1 heterocycles. The van der Waals surface area contributed by atoms with Gasteiger partial charge in [0.2, 0.25) is 5.91 Å². The van der Waals surface area contributed by atoms with Crippen LogP contribution in [-0.2, 0) is 9.53 Å². The van der Waals surface area contributed by atoms with Crippen molar-refractivity contribution in [2.24, 2.45) is 5.92 Å². The van der Waals surface area contributed by atoms with Crippen molar-refractivity contribution in [1.82, 2.24) is 10.2 Å². The van der Waals surface area contributed by atoms with Crippen LogP contribution in [0.2, 0.25) is 0 Å². The number of aliphatic hydroxyl groups is 1. The number of nitrogens with zero attached hydrogens (tertiary/aromatic N) is 1. The zero-order valence-electron chi connectivity index (χ0n) is 9.94. The Labute approximate surface area is 99.9 Å². The Morgan fingerprint density at radius 2 is 2.12 bits per heavy atom. The summed E-state index contributed by atoms with van der Waals surface area (Å²) in [5.41, 5.74) is -0.593. The lowest BCUT2D eigenvalue weighted by atomic mass is 9.89. The van der Waals surface area contributed by atoms with Gasteiger partial charge in [-0.2, -0.15) is 0 Å². The molecule has 17 heavy (non-hydrogen) atoms. The molecule has 0 aromatic carbocycles. The molecule has 0 aromatic rings. The molecule has 0 bridgehead atoms. The highest BCUT2D eigenvalue weighted by Crippen LogP contribution is 2.44. The number of imide groups is 1. The molecule has 6 heteroatoms. The molecule has 0 aromatic heterocycles.